The van der Waals surface area contributed by atoms with E-state index in [2.05, 4.69) is 27.7 Å². The van der Waals surface area contributed by atoms with Crippen molar-refractivity contribution in [3.63, 3.8) is 0 Å². The van der Waals surface area contributed by atoms with Crippen LogP contribution in [-0.4, -0.2) is 5.97 Å². The van der Waals surface area contributed by atoms with Crippen LogP contribution in [0.3, 0.4) is 0 Å². The standard InChI is InChI=1S/C13H22O2/c1-8-6-10(12(14)15)11(7-9(8)2)13(3,4)5/h10-11H,6-7H2,1-5H3,(H,14,15)/p-1. The number of carbonyl (C=O) groups excluding carboxylic acids is 1. The van der Waals surface area contributed by atoms with Crippen LogP contribution in [0.15, 0.2) is 11.1 Å². The molecule has 0 saturated carbocycles. The van der Waals surface area contributed by atoms with Crippen molar-refractivity contribution in [3.8, 4) is 0 Å². The molecule has 1 aliphatic rings. The largest absolute Gasteiger partial charge is 0.550 e. The summed E-state index contributed by atoms with van der Waals surface area (Å²) in [4.78, 5) is 11.1. The van der Waals surface area contributed by atoms with Crippen molar-refractivity contribution in [1.29, 1.82) is 0 Å². The van der Waals surface area contributed by atoms with E-state index in [1.54, 1.807) is 0 Å². The predicted molar refractivity (Wildman–Crippen MR) is 59.1 cm³/mol. The number of carboxylic acid groups (broad SMARTS) is 1. The summed E-state index contributed by atoms with van der Waals surface area (Å²) in [5.74, 6) is -0.998. The van der Waals surface area contributed by atoms with Gasteiger partial charge in [0.1, 0.15) is 0 Å². The summed E-state index contributed by atoms with van der Waals surface area (Å²) < 4.78 is 0. The van der Waals surface area contributed by atoms with Crippen LogP contribution in [0.1, 0.15) is 47.5 Å². The molecule has 0 aromatic rings. The van der Waals surface area contributed by atoms with Crippen LogP contribution in [0, 0.1) is 17.3 Å². The molecule has 1 rings (SSSR count). The maximum absolute atomic E-state index is 11.1. The Morgan fingerprint density at radius 1 is 1.20 bits per heavy atom. The topological polar surface area (TPSA) is 40.1 Å². The maximum atomic E-state index is 11.1. The smallest absolute Gasteiger partial charge is 0.0451 e. The van der Waals surface area contributed by atoms with Crippen LogP contribution < -0.4 is 5.11 Å². The molecule has 0 spiro atoms. The number of allylic oxidation sites excluding steroid dienone is 2. The van der Waals surface area contributed by atoms with E-state index in [-0.39, 0.29) is 17.3 Å². The second kappa shape index (κ2) is 3.99. The van der Waals surface area contributed by atoms with Crippen molar-refractivity contribution in [1.82, 2.24) is 0 Å². The van der Waals surface area contributed by atoms with Gasteiger partial charge < -0.3 is 9.90 Å². The van der Waals surface area contributed by atoms with E-state index in [1.807, 2.05) is 6.92 Å². The van der Waals surface area contributed by atoms with E-state index in [4.69, 9.17) is 0 Å². The van der Waals surface area contributed by atoms with Crippen molar-refractivity contribution in [2.75, 3.05) is 0 Å². The second-order valence-corrected chi connectivity index (χ2v) is 5.87. The highest BCUT2D eigenvalue weighted by atomic mass is 16.4. The second-order valence-electron chi connectivity index (χ2n) is 5.87. The minimum absolute atomic E-state index is 0.0344. The first-order valence-corrected chi connectivity index (χ1v) is 5.59. The Labute approximate surface area is 92.4 Å². The summed E-state index contributed by atoms with van der Waals surface area (Å²) >= 11 is 0. The molecule has 15 heavy (non-hydrogen) atoms. The number of aliphatic carboxylic acids is 1. The van der Waals surface area contributed by atoms with Gasteiger partial charge in [0.25, 0.3) is 0 Å². The van der Waals surface area contributed by atoms with E-state index in [0.717, 1.165) is 6.42 Å². The first kappa shape index (κ1) is 12.3. The first-order valence-electron chi connectivity index (χ1n) is 5.59. The number of hydrogen-bond donors (Lipinski definition) is 0. The summed E-state index contributed by atoms with van der Waals surface area (Å²) in [5, 5.41) is 11.1. The average Bonchev–Trinajstić information content (AvgIpc) is 2.06. The summed E-state index contributed by atoms with van der Waals surface area (Å²) in [7, 11) is 0. The molecule has 0 fully saturated rings. The van der Waals surface area contributed by atoms with Gasteiger partial charge in [-0.15, -0.1) is 0 Å². The zero-order valence-electron chi connectivity index (χ0n) is 10.4. The summed E-state index contributed by atoms with van der Waals surface area (Å²) in [6.45, 7) is 10.5. The van der Waals surface area contributed by atoms with Gasteiger partial charge in [-0.2, -0.15) is 0 Å². The lowest BCUT2D eigenvalue weighted by Crippen LogP contribution is -2.42. The Bertz CT molecular complexity index is 294. The van der Waals surface area contributed by atoms with Gasteiger partial charge in [-0.1, -0.05) is 31.9 Å². The molecule has 2 heteroatoms. The highest BCUT2D eigenvalue weighted by molar-refractivity contribution is 5.69. The van der Waals surface area contributed by atoms with Crippen molar-refractivity contribution in [2.45, 2.75) is 47.5 Å². The van der Waals surface area contributed by atoms with Crippen molar-refractivity contribution < 1.29 is 9.90 Å². The van der Waals surface area contributed by atoms with Gasteiger partial charge in [-0.3, -0.25) is 0 Å². The molecule has 86 valence electrons. The maximum Gasteiger partial charge on any atom is 0.0451 e. The highest BCUT2D eigenvalue weighted by Crippen LogP contribution is 2.43. The van der Waals surface area contributed by atoms with Gasteiger partial charge in [0.2, 0.25) is 0 Å². The SMILES string of the molecule is CC1=C(C)CC(C(C)(C)C)C(C(=O)[O-])C1. The van der Waals surface area contributed by atoms with Gasteiger partial charge in [0.05, 0.1) is 0 Å². The van der Waals surface area contributed by atoms with Crippen LogP contribution in [0.25, 0.3) is 0 Å². The Balaban J connectivity index is 3.00. The highest BCUT2D eigenvalue weighted by Gasteiger charge is 2.35. The normalized spacial score (nSPS) is 28.1. The summed E-state index contributed by atoms with van der Waals surface area (Å²) in [5.41, 5.74) is 2.62. The minimum atomic E-state index is -0.887. The van der Waals surface area contributed by atoms with Crippen LogP contribution in [-0.2, 0) is 4.79 Å². The zero-order valence-corrected chi connectivity index (χ0v) is 10.4. The zero-order chi connectivity index (χ0) is 11.8. The quantitative estimate of drug-likeness (QED) is 0.621. The van der Waals surface area contributed by atoms with Gasteiger partial charge >= 0.3 is 0 Å². The Kier molecular flexibility index (Phi) is 3.27. The molecular weight excluding hydrogens is 188 g/mol. The van der Waals surface area contributed by atoms with Gasteiger partial charge in [0, 0.05) is 11.9 Å². The predicted octanol–water partition coefficient (Wildman–Crippen LogP) is 2.14. The van der Waals surface area contributed by atoms with E-state index in [9.17, 15) is 9.90 Å². The summed E-state index contributed by atoms with van der Waals surface area (Å²) in [6, 6.07) is 0. The lowest BCUT2D eigenvalue weighted by molar-refractivity contribution is -0.314. The molecular formula is C13H21O2-. The third-order valence-electron chi connectivity index (χ3n) is 3.68. The molecule has 0 N–H and O–H groups in total. The fraction of sp³-hybridized carbons (Fsp3) is 0.769. The molecule has 1 aliphatic carbocycles. The molecule has 0 saturated heterocycles. The van der Waals surface area contributed by atoms with E-state index in [0.29, 0.717) is 6.42 Å². The average molecular weight is 209 g/mol. The van der Waals surface area contributed by atoms with Gasteiger partial charge in [-0.05, 0) is 38.0 Å². The molecule has 0 aliphatic heterocycles. The third kappa shape index (κ3) is 2.61. The lowest BCUT2D eigenvalue weighted by Gasteiger charge is -2.41. The minimum Gasteiger partial charge on any atom is -0.550 e. The van der Waals surface area contributed by atoms with Gasteiger partial charge in [0.15, 0.2) is 0 Å². The van der Waals surface area contributed by atoms with Crippen LogP contribution in [0.5, 0.6) is 0 Å². The number of hydrogen-bond acceptors (Lipinski definition) is 2. The lowest BCUT2D eigenvalue weighted by atomic mass is 9.65. The molecule has 0 amide bonds. The van der Waals surface area contributed by atoms with Crippen molar-refractivity contribution >= 4 is 5.97 Å². The summed E-state index contributed by atoms with van der Waals surface area (Å²) in [6.07, 6.45) is 1.56. The van der Waals surface area contributed by atoms with Crippen molar-refractivity contribution in [3.05, 3.63) is 11.1 Å². The number of carboxylic acids is 1. The molecule has 2 nitrogen and oxygen atoms in total. The molecule has 0 heterocycles. The molecule has 2 atom stereocenters. The Morgan fingerprint density at radius 3 is 2.07 bits per heavy atom. The van der Waals surface area contributed by atoms with Crippen LogP contribution in [0.4, 0.5) is 0 Å². The molecule has 0 aromatic heterocycles. The third-order valence-corrected chi connectivity index (χ3v) is 3.68. The monoisotopic (exact) mass is 209 g/mol. The van der Waals surface area contributed by atoms with Crippen molar-refractivity contribution in [2.24, 2.45) is 17.3 Å². The van der Waals surface area contributed by atoms with Gasteiger partial charge in [-0.25, -0.2) is 0 Å². The van der Waals surface area contributed by atoms with E-state index in [1.165, 1.54) is 11.1 Å². The van der Waals surface area contributed by atoms with E-state index >= 15 is 0 Å². The van der Waals surface area contributed by atoms with E-state index < -0.39 is 5.97 Å². The van der Waals surface area contributed by atoms with Crippen LogP contribution in [0.2, 0.25) is 0 Å². The van der Waals surface area contributed by atoms with Crippen LogP contribution >= 0.6 is 0 Å². The molecule has 0 radical (unpaired) electrons. The number of rotatable bonds is 1. The Hall–Kier alpha value is -0.790. The fourth-order valence-electron chi connectivity index (χ4n) is 2.45. The first-order chi connectivity index (χ1) is 6.73. The molecule has 0 aromatic carbocycles. The Morgan fingerprint density at radius 2 is 1.67 bits per heavy atom. The fourth-order valence-corrected chi connectivity index (χ4v) is 2.45. The number of carbonyl (C=O) groups is 1. The molecule has 0 bridgehead atoms. The molecule has 2 unspecified atom stereocenters.